The van der Waals surface area contributed by atoms with E-state index in [4.69, 9.17) is 10.5 Å². The fourth-order valence-electron chi connectivity index (χ4n) is 1.48. The van der Waals surface area contributed by atoms with Crippen molar-refractivity contribution < 1.29 is 14.6 Å². The molecule has 0 saturated heterocycles. The molecule has 1 rings (SSSR count). The standard InChI is InChI=1S/C12H17NO3/c1-3-10(14)8-6-5-7-9(11(8)13)12(15)16-4-2/h5-7,10,14H,3-4,13H2,1-2H3. The first-order valence-corrected chi connectivity index (χ1v) is 5.35. The Kier molecular flexibility index (Phi) is 4.31. The van der Waals surface area contributed by atoms with Crippen LogP contribution < -0.4 is 5.73 Å². The van der Waals surface area contributed by atoms with E-state index in [1.807, 2.05) is 6.92 Å². The van der Waals surface area contributed by atoms with Gasteiger partial charge in [-0.3, -0.25) is 0 Å². The smallest absolute Gasteiger partial charge is 0.340 e. The molecule has 16 heavy (non-hydrogen) atoms. The van der Waals surface area contributed by atoms with Crippen LogP contribution in [0.25, 0.3) is 0 Å². The van der Waals surface area contributed by atoms with Gasteiger partial charge in [-0.25, -0.2) is 4.79 Å². The second-order valence-electron chi connectivity index (χ2n) is 3.45. The maximum Gasteiger partial charge on any atom is 0.340 e. The second-order valence-corrected chi connectivity index (χ2v) is 3.45. The van der Waals surface area contributed by atoms with Gasteiger partial charge in [-0.05, 0) is 19.4 Å². The third-order valence-corrected chi connectivity index (χ3v) is 2.38. The summed E-state index contributed by atoms with van der Waals surface area (Å²) in [5, 5.41) is 9.71. The van der Waals surface area contributed by atoms with Crippen molar-refractivity contribution in [3.63, 3.8) is 0 Å². The highest BCUT2D eigenvalue weighted by Gasteiger charge is 2.16. The van der Waals surface area contributed by atoms with Gasteiger partial charge in [0, 0.05) is 5.56 Å². The van der Waals surface area contributed by atoms with E-state index in [1.165, 1.54) is 0 Å². The van der Waals surface area contributed by atoms with Crippen LogP contribution in [-0.2, 0) is 4.74 Å². The molecule has 0 aliphatic rings. The lowest BCUT2D eigenvalue weighted by Crippen LogP contribution is -2.11. The minimum atomic E-state index is -0.644. The maximum atomic E-state index is 11.5. The van der Waals surface area contributed by atoms with Gasteiger partial charge in [0.1, 0.15) is 0 Å². The summed E-state index contributed by atoms with van der Waals surface area (Å²) in [5.41, 5.74) is 7.02. The quantitative estimate of drug-likeness (QED) is 0.604. The van der Waals surface area contributed by atoms with Gasteiger partial charge in [-0.15, -0.1) is 0 Å². The molecule has 0 spiro atoms. The molecule has 4 nitrogen and oxygen atoms in total. The maximum absolute atomic E-state index is 11.5. The van der Waals surface area contributed by atoms with Crippen LogP contribution in [0.3, 0.4) is 0 Å². The monoisotopic (exact) mass is 223 g/mol. The predicted octanol–water partition coefficient (Wildman–Crippen LogP) is 1.89. The summed E-state index contributed by atoms with van der Waals surface area (Å²) in [4.78, 5) is 11.5. The molecule has 0 fully saturated rings. The number of aliphatic hydroxyl groups excluding tert-OH is 1. The van der Waals surface area contributed by atoms with Crippen LogP contribution in [0.4, 0.5) is 5.69 Å². The molecule has 0 saturated carbocycles. The van der Waals surface area contributed by atoms with Crippen LogP contribution in [0.5, 0.6) is 0 Å². The summed E-state index contributed by atoms with van der Waals surface area (Å²) in [6.07, 6.45) is -0.0920. The van der Waals surface area contributed by atoms with E-state index in [-0.39, 0.29) is 0 Å². The first-order chi connectivity index (χ1) is 7.61. The number of benzene rings is 1. The number of carbonyl (C=O) groups excluding carboxylic acids is 1. The van der Waals surface area contributed by atoms with Crippen molar-refractivity contribution in [3.05, 3.63) is 29.3 Å². The van der Waals surface area contributed by atoms with E-state index in [2.05, 4.69) is 0 Å². The summed E-state index contributed by atoms with van der Waals surface area (Å²) in [6, 6.07) is 5.00. The number of para-hydroxylation sites is 1. The molecule has 0 aliphatic heterocycles. The third-order valence-electron chi connectivity index (χ3n) is 2.38. The fraction of sp³-hybridized carbons (Fsp3) is 0.417. The zero-order valence-corrected chi connectivity index (χ0v) is 9.56. The molecule has 4 heteroatoms. The van der Waals surface area contributed by atoms with Crippen LogP contribution in [0.15, 0.2) is 18.2 Å². The average Bonchev–Trinajstić information content (AvgIpc) is 2.28. The zero-order valence-electron chi connectivity index (χ0n) is 9.56. The molecule has 1 unspecified atom stereocenters. The van der Waals surface area contributed by atoms with E-state index in [0.717, 1.165) is 0 Å². The minimum absolute atomic E-state index is 0.301. The Morgan fingerprint density at radius 3 is 2.75 bits per heavy atom. The molecular weight excluding hydrogens is 206 g/mol. The van der Waals surface area contributed by atoms with Gasteiger partial charge >= 0.3 is 5.97 Å². The molecule has 1 atom stereocenters. The van der Waals surface area contributed by atoms with Crippen LogP contribution in [-0.4, -0.2) is 17.7 Å². The summed E-state index contributed by atoms with van der Waals surface area (Å²) >= 11 is 0. The van der Waals surface area contributed by atoms with Gasteiger partial charge in [-0.2, -0.15) is 0 Å². The fourth-order valence-corrected chi connectivity index (χ4v) is 1.48. The molecule has 1 aromatic carbocycles. The number of carbonyl (C=O) groups is 1. The van der Waals surface area contributed by atoms with Gasteiger partial charge in [-0.1, -0.05) is 19.1 Å². The lowest BCUT2D eigenvalue weighted by atomic mass is 10.0. The zero-order chi connectivity index (χ0) is 12.1. The molecule has 0 heterocycles. The number of ether oxygens (including phenoxy) is 1. The minimum Gasteiger partial charge on any atom is -0.462 e. The Morgan fingerprint density at radius 1 is 1.50 bits per heavy atom. The number of nitrogens with two attached hydrogens (primary N) is 1. The predicted molar refractivity (Wildman–Crippen MR) is 62.1 cm³/mol. The molecule has 88 valence electrons. The molecule has 0 amide bonds. The van der Waals surface area contributed by atoms with Crippen molar-refractivity contribution >= 4 is 11.7 Å². The summed E-state index contributed by atoms with van der Waals surface area (Å²) in [6.45, 7) is 3.89. The number of hydrogen-bond donors (Lipinski definition) is 2. The summed E-state index contributed by atoms with van der Waals surface area (Å²) in [5.74, 6) is -0.454. The Hall–Kier alpha value is -1.55. The van der Waals surface area contributed by atoms with E-state index in [9.17, 15) is 9.90 Å². The summed E-state index contributed by atoms with van der Waals surface area (Å²) < 4.78 is 4.88. The van der Waals surface area contributed by atoms with E-state index >= 15 is 0 Å². The highest BCUT2D eigenvalue weighted by Crippen LogP contribution is 2.26. The van der Waals surface area contributed by atoms with Gasteiger partial charge in [0.2, 0.25) is 0 Å². The average molecular weight is 223 g/mol. The number of hydrogen-bond acceptors (Lipinski definition) is 4. The number of nitrogen functional groups attached to an aromatic ring is 1. The lowest BCUT2D eigenvalue weighted by Gasteiger charge is -2.13. The first-order valence-electron chi connectivity index (χ1n) is 5.35. The highest BCUT2D eigenvalue weighted by atomic mass is 16.5. The number of esters is 1. The van der Waals surface area contributed by atoms with Crippen molar-refractivity contribution in [1.82, 2.24) is 0 Å². The Morgan fingerprint density at radius 2 is 2.19 bits per heavy atom. The topological polar surface area (TPSA) is 72.5 Å². The molecular formula is C12H17NO3. The number of anilines is 1. The van der Waals surface area contributed by atoms with Gasteiger partial charge in [0.15, 0.2) is 0 Å². The van der Waals surface area contributed by atoms with Crippen molar-refractivity contribution in [1.29, 1.82) is 0 Å². The van der Waals surface area contributed by atoms with E-state index in [1.54, 1.807) is 25.1 Å². The van der Waals surface area contributed by atoms with Crippen LogP contribution in [0.2, 0.25) is 0 Å². The molecule has 0 aromatic heterocycles. The largest absolute Gasteiger partial charge is 0.462 e. The van der Waals surface area contributed by atoms with Crippen LogP contribution >= 0.6 is 0 Å². The molecule has 0 radical (unpaired) electrons. The third kappa shape index (κ3) is 2.52. The Labute approximate surface area is 95.0 Å². The van der Waals surface area contributed by atoms with Crippen LogP contribution in [0, 0.1) is 0 Å². The number of aliphatic hydroxyl groups is 1. The number of rotatable bonds is 4. The molecule has 0 bridgehead atoms. The highest BCUT2D eigenvalue weighted by molar-refractivity contribution is 5.95. The van der Waals surface area contributed by atoms with Crippen molar-refractivity contribution in [3.8, 4) is 0 Å². The van der Waals surface area contributed by atoms with Crippen molar-refractivity contribution in [2.24, 2.45) is 0 Å². The van der Waals surface area contributed by atoms with E-state index < -0.39 is 12.1 Å². The van der Waals surface area contributed by atoms with Gasteiger partial charge < -0.3 is 15.6 Å². The van der Waals surface area contributed by atoms with Crippen molar-refractivity contribution in [2.75, 3.05) is 12.3 Å². The molecule has 0 aliphatic carbocycles. The second kappa shape index (κ2) is 5.51. The van der Waals surface area contributed by atoms with Crippen molar-refractivity contribution in [2.45, 2.75) is 26.4 Å². The Balaban J connectivity index is 3.08. The SMILES string of the molecule is CCOC(=O)c1cccc(C(O)CC)c1N. The molecule has 1 aromatic rings. The summed E-state index contributed by atoms with van der Waals surface area (Å²) in [7, 11) is 0. The van der Waals surface area contributed by atoms with Crippen LogP contribution in [0.1, 0.15) is 42.3 Å². The first kappa shape index (κ1) is 12.5. The Bertz CT molecular complexity index is 377. The van der Waals surface area contributed by atoms with Gasteiger partial charge in [0.05, 0.1) is 24.0 Å². The van der Waals surface area contributed by atoms with Gasteiger partial charge in [0.25, 0.3) is 0 Å². The molecule has 3 N–H and O–H groups in total. The van der Waals surface area contributed by atoms with E-state index in [0.29, 0.717) is 29.8 Å². The lowest BCUT2D eigenvalue weighted by molar-refractivity contribution is 0.0527. The normalized spacial score (nSPS) is 12.2.